The number of hydrogen-bond donors (Lipinski definition) is 1. The third-order valence-electron chi connectivity index (χ3n) is 6.00. The topological polar surface area (TPSA) is 79.3 Å². The normalized spacial score (nSPS) is 16.8. The average molecular weight is 507 g/mol. The Kier molecular flexibility index (Phi) is 7.22. The molecule has 8 heteroatoms. The van der Waals surface area contributed by atoms with E-state index in [4.69, 9.17) is 21.1 Å². The van der Waals surface area contributed by atoms with Crippen LogP contribution < -0.4 is 19.3 Å². The van der Waals surface area contributed by atoms with E-state index in [1.807, 2.05) is 38.1 Å². The van der Waals surface area contributed by atoms with Gasteiger partial charge >= 0.3 is 0 Å². The van der Waals surface area contributed by atoms with E-state index in [9.17, 15) is 14.7 Å². The molecular weight excluding hydrogens is 480 g/mol. The maximum absolute atomic E-state index is 13.4. The maximum Gasteiger partial charge on any atom is 0.300 e. The minimum absolute atomic E-state index is 0.0327. The summed E-state index contributed by atoms with van der Waals surface area (Å²) in [6, 6.07) is 18.3. The van der Waals surface area contributed by atoms with Crippen molar-refractivity contribution in [3.63, 3.8) is 0 Å². The molecule has 1 aliphatic rings. The molecular formula is C28H27ClN2O5. The summed E-state index contributed by atoms with van der Waals surface area (Å²) in [5.41, 5.74) is 2.37. The molecule has 1 aliphatic heterocycles. The molecule has 0 aliphatic carbocycles. The highest BCUT2D eigenvalue weighted by molar-refractivity contribution is 6.51. The minimum atomic E-state index is -0.878. The van der Waals surface area contributed by atoms with E-state index in [0.717, 1.165) is 5.69 Å². The van der Waals surface area contributed by atoms with E-state index in [2.05, 4.69) is 0 Å². The SMILES string of the molecule is CCOc1cccc(C2/C(=C(/O)c3ccc(Cl)c(OC)c3)C(=O)C(=O)N2c2ccc(N(C)C)cc2)c1. The van der Waals surface area contributed by atoms with Gasteiger partial charge in [0.15, 0.2) is 0 Å². The van der Waals surface area contributed by atoms with Gasteiger partial charge in [-0.2, -0.15) is 0 Å². The molecule has 36 heavy (non-hydrogen) atoms. The van der Waals surface area contributed by atoms with Crippen LogP contribution in [-0.2, 0) is 9.59 Å². The second kappa shape index (κ2) is 10.3. The van der Waals surface area contributed by atoms with Gasteiger partial charge in [-0.15, -0.1) is 0 Å². The predicted molar refractivity (Wildman–Crippen MR) is 141 cm³/mol. The lowest BCUT2D eigenvalue weighted by Gasteiger charge is -2.26. The van der Waals surface area contributed by atoms with Crippen molar-refractivity contribution in [2.75, 3.05) is 37.6 Å². The fourth-order valence-corrected chi connectivity index (χ4v) is 4.42. The molecule has 3 aromatic carbocycles. The first-order valence-electron chi connectivity index (χ1n) is 11.4. The number of Topliss-reactive ketones (excluding diaryl/α,β-unsaturated/α-hetero) is 1. The summed E-state index contributed by atoms with van der Waals surface area (Å²) in [7, 11) is 5.29. The fourth-order valence-electron chi connectivity index (χ4n) is 4.23. The molecule has 1 amide bonds. The van der Waals surface area contributed by atoms with Gasteiger partial charge in [-0.1, -0.05) is 23.7 Å². The molecule has 1 heterocycles. The molecule has 0 radical (unpaired) electrons. The van der Waals surface area contributed by atoms with Crippen LogP contribution in [0.15, 0.2) is 72.3 Å². The zero-order valence-corrected chi connectivity index (χ0v) is 21.2. The van der Waals surface area contributed by atoms with Gasteiger partial charge in [-0.25, -0.2) is 0 Å². The number of aliphatic hydroxyl groups excluding tert-OH is 1. The van der Waals surface area contributed by atoms with Crippen LogP contribution in [0.5, 0.6) is 11.5 Å². The Balaban J connectivity index is 1.92. The molecule has 1 unspecified atom stereocenters. The van der Waals surface area contributed by atoms with Crippen LogP contribution in [0.1, 0.15) is 24.1 Å². The number of carbonyl (C=O) groups is 2. The van der Waals surface area contributed by atoms with E-state index in [1.165, 1.54) is 18.1 Å². The van der Waals surface area contributed by atoms with Crippen LogP contribution in [0.3, 0.4) is 0 Å². The second-order valence-electron chi connectivity index (χ2n) is 8.43. The van der Waals surface area contributed by atoms with Gasteiger partial charge in [-0.3, -0.25) is 14.5 Å². The molecule has 0 saturated carbocycles. The molecule has 1 atom stereocenters. The number of ketones is 1. The summed E-state index contributed by atoms with van der Waals surface area (Å²) >= 11 is 6.15. The van der Waals surface area contributed by atoms with Crippen molar-refractivity contribution in [1.29, 1.82) is 0 Å². The molecule has 0 bridgehead atoms. The van der Waals surface area contributed by atoms with Crippen LogP contribution in [-0.4, -0.2) is 44.6 Å². The lowest BCUT2D eigenvalue weighted by Crippen LogP contribution is -2.29. The zero-order chi connectivity index (χ0) is 26.0. The Labute approximate surface area is 215 Å². The van der Waals surface area contributed by atoms with Gasteiger partial charge in [0.2, 0.25) is 0 Å². The van der Waals surface area contributed by atoms with E-state index in [0.29, 0.717) is 39.9 Å². The molecule has 0 spiro atoms. The monoisotopic (exact) mass is 506 g/mol. The van der Waals surface area contributed by atoms with Crippen molar-refractivity contribution in [2.24, 2.45) is 0 Å². The quantitative estimate of drug-likeness (QED) is 0.261. The summed E-state index contributed by atoms with van der Waals surface area (Å²) in [4.78, 5) is 30.1. The second-order valence-corrected chi connectivity index (χ2v) is 8.84. The highest BCUT2D eigenvalue weighted by atomic mass is 35.5. The number of amides is 1. The molecule has 1 fully saturated rings. The number of benzene rings is 3. The van der Waals surface area contributed by atoms with Crippen LogP contribution in [0, 0.1) is 0 Å². The minimum Gasteiger partial charge on any atom is -0.507 e. The number of halogens is 1. The third-order valence-corrected chi connectivity index (χ3v) is 6.31. The van der Waals surface area contributed by atoms with Crippen LogP contribution in [0.25, 0.3) is 5.76 Å². The molecule has 186 valence electrons. The highest BCUT2D eigenvalue weighted by Gasteiger charge is 2.47. The zero-order valence-electron chi connectivity index (χ0n) is 20.5. The summed E-state index contributed by atoms with van der Waals surface area (Å²) in [5.74, 6) is -0.907. The first-order valence-corrected chi connectivity index (χ1v) is 11.8. The highest BCUT2D eigenvalue weighted by Crippen LogP contribution is 2.43. The number of methoxy groups -OCH3 is 1. The molecule has 1 saturated heterocycles. The molecule has 7 nitrogen and oxygen atoms in total. The Bertz CT molecular complexity index is 1330. The van der Waals surface area contributed by atoms with Crippen molar-refractivity contribution >= 4 is 40.4 Å². The Hall–Kier alpha value is -3.97. The Morgan fingerprint density at radius 3 is 2.42 bits per heavy atom. The van der Waals surface area contributed by atoms with Crippen molar-refractivity contribution in [2.45, 2.75) is 13.0 Å². The Morgan fingerprint density at radius 1 is 1.06 bits per heavy atom. The fraction of sp³-hybridized carbons (Fsp3) is 0.214. The van der Waals surface area contributed by atoms with E-state index < -0.39 is 17.7 Å². The third kappa shape index (κ3) is 4.62. The van der Waals surface area contributed by atoms with Crippen LogP contribution in [0.2, 0.25) is 5.02 Å². The first-order chi connectivity index (χ1) is 17.3. The first kappa shape index (κ1) is 25.1. The number of ether oxygens (including phenoxy) is 2. The van der Waals surface area contributed by atoms with Crippen molar-refractivity contribution in [1.82, 2.24) is 0 Å². The number of rotatable bonds is 7. The van der Waals surface area contributed by atoms with Gasteiger partial charge in [0.25, 0.3) is 11.7 Å². The van der Waals surface area contributed by atoms with Crippen molar-refractivity contribution < 1.29 is 24.2 Å². The van der Waals surface area contributed by atoms with E-state index >= 15 is 0 Å². The number of nitrogens with zero attached hydrogens (tertiary/aromatic N) is 2. The van der Waals surface area contributed by atoms with Gasteiger partial charge in [0.05, 0.1) is 30.4 Å². The number of anilines is 2. The van der Waals surface area contributed by atoms with Gasteiger partial charge < -0.3 is 19.5 Å². The average Bonchev–Trinajstić information content (AvgIpc) is 3.14. The lowest BCUT2D eigenvalue weighted by molar-refractivity contribution is -0.132. The standard InChI is InChI=1S/C28H27ClN2O5/c1-5-36-21-8-6-7-17(15-21)25-24(26(32)18-9-14-22(29)23(16-18)35-4)27(33)28(34)31(25)20-12-10-19(11-13-20)30(2)3/h6-16,25,32H,5H2,1-4H3/b26-24-. The lowest BCUT2D eigenvalue weighted by atomic mass is 9.95. The van der Waals surface area contributed by atoms with E-state index in [1.54, 1.807) is 48.5 Å². The van der Waals surface area contributed by atoms with Gasteiger partial charge in [0, 0.05) is 31.0 Å². The van der Waals surface area contributed by atoms with Crippen LogP contribution in [0.4, 0.5) is 11.4 Å². The summed E-state index contributed by atoms with van der Waals surface area (Å²) in [6.07, 6.45) is 0. The predicted octanol–water partition coefficient (Wildman–Crippen LogP) is 5.44. The van der Waals surface area contributed by atoms with Crippen molar-refractivity contribution in [3.05, 3.63) is 88.5 Å². The van der Waals surface area contributed by atoms with Gasteiger partial charge in [-0.05, 0) is 67.1 Å². The summed E-state index contributed by atoms with van der Waals surface area (Å²) in [5, 5.41) is 11.7. The molecule has 3 aromatic rings. The molecule has 1 N–H and O–H groups in total. The largest absolute Gasteiger partial charge is 0.507 e. The molecule has 0 aromatic heterocycles. The summed E-state index contributed by atoms with van der Waals surface area (Å²) < 4.78 is 10.9. The van der Waals surface area contributed by atoms with E-state index in [-0.39, 0.29) is 11.3 Å². The maximum atomic E-state index is 13.4. The van der Waals surface area contributed by atoms with Crippen molar-refractivity contribution in [3.8, 4) is 11.5 Å². The van der Waals surface area contributed by atoms with Crippen LogP contribution >= 0.6 is 11.6 Å². The molecule has 4 rings (SSSR count). The number of aliphatic hydroxyl groups is 1. The van der Waals surface area contributed by atoms with Gasteiger partial charge in [0.1, 0.15) is 17.3 Å². The number of carbonyl (C=O) groups excluding carboxylic acids is 2. The summed E-state index contributed by atoms with van der Waals surface area (Å²) in [6.45, 7) is 2.33. The smallest absolute Gasteiger partial charge is 0.300 e. The Morgan fingerprint density at radius 2 is 1.78 bits per heavy atom. The number of hydrogen-bond acceptors (Lipinski definition) is 6.